The van der Waals surface area contributed by atoms with Gasteiger partial charge < -0.3 is 16.0 Å². The Balaban J connectivity index is 2.70. The first-order valence-electron chi connectivity index (χ1n) is 7.84. The molecule has 0 saturated carbocycles. The van der Waals surface area contributed by atoms with Crippen LogP contribution in [0.4, 0.5) is 0 Å². The maximum atomic E-state index is 12.3. The first-order chi connectivity index (χ1) is 11.2. The highest BCUT2D eigenvalue weighted by Gasteiger charge is 2.25. The standard InChI is InChI=1S/C17H24ClN3O3/c1-10(2)15(17(24)19-9-14(22)20-11(3)4)21-16(23)12-7-5-6-8-13(12)18/h5-8,10-11,15H,9H2,1-4H3,(H,19,24)(H,20,22)(H,21,23). The molecule has 7 heteroatoms. The molecule has 0 saturated heterocycles. The van der Waals surface area contributed by atoms with E-state index in [1.807, 2.05) is 27.7 Å². The average Bonchev–Trinajstić information content (AvgIpc) is 2.49. The van der Waals surface area contributed by atoms with Gasteiger partial charge in [0.2, 0.25) is 11.8 Å². The van der Waals surface area contributed by atoms with Gasteiger partial charge in [-0.2, -0.15) is 0 Å². The average molecular weight is 354 g/mol. The number of nitrogens with one attached hydrogen (secondary N) is 3. The predicted octanol–water partition coefficient (Wildman–Crippen LogP) is 1.74. The quantitative estimate of drug-likeness (QED) is 0.697. The van der Waals surface area contributed by atoms with Gasteiger partial charge in [0, 0.05) is 6.04 Å². The summed E-state index contributed by atoms with van der Waals surface area (Å²) in [5.74, 6) is -1.27. The molecule has 24 heavy (non-hydrogen) atoms. The van der Waals surface area contributed by atoms with Crippen molar-refractivity contribution in [1.82, 2.24) is 16.0 Å². The van der Waals surface area contributed by atoms with E-state index < -0.39 is 17.9 Å². The summed E-state index contributed by atoms with van der Waals surface area (Å²) in [5.41, 5.74) is 0.301. The first-order valence-corrected chi connectivity index (χ1v) is 8.22. The third-order valence-corrected chi connectivity index (χ3v) is 3.56. The van der Waals surface area contributed by atoms with E-state index in [1.165, 1.54) is 0 Å². The van der Waals surface area contributed by atoms with Crippen molar-refractivity contribution >= 4 is 29.3 Å². The molecule has 1 atom stereocenters. The van der Waals surface area contributed by atoms with Gasteiger partial charge in [-0.05, 0) is 31.9 Å². The minimum atomic E-state index is -0.763. The van der Waals surface area contributed by atoms with Gasteiger partial charge in [-0.15, -0.1) is 0 Å². The lowest BCUT2D eigenvalue weighted by molar-refractivity contribution is -0.128. The highest BCUT2D eigenvalue weighted by molar-refractivity contribution is 6.33. The Morgan fingerprint density at radius 1 is 1.04 bits per heavy atom. The summed E-state index contributed by atoms with van der Waals surface area (Å²) in [6, 6.07) is 5.84. The van der Waals surface area contributed by atoms with E-state index in [9.17, 15) is 14.4 Å². The van der Waals surface area contributed by atoms with Gasteiger partial charge >= 0.3 is 0 Å². The zero-order valence-electron chi connectivity index (χ0n) is 14.4. The summed E-state index contributed by atoms with van der Waals surface area (Å²) < 4.78 is 0. The van der Waals surface area contributed by atoms with Crippen molar-refractivity contribution in [3.63, 3.8) is 0 Å². The third kappa shape index (κ3) is 6.20. The zero-order valence-corrected chi connectivity index (χ0v) is 15.1. The molecule has 1 aromatic carbocycles. The van der Waals surface area contributed by atoms with Gasteiger partial charge in [0.15, 0.2) is 0 Å². The van der Waals surface area contributed by atoms with Crippen LogP contribution >= 0.6 is 11.6 Å². The normalized spacial score (nSPS) is 12.0. The molecule has 0 heterocycles. The van der Waals surface area contributed by atoms with Crippen molar-refractivity contribution < 1.29 is 14.4 Å². The molecule has 0 radical (unpaired) electrons. The summed E-state index contributed by atoms with van der Waals surface area (Å²) in [7, 11) is 0. The van der Waals surface area contributed by atoms with Gasteiger partial charge in [-0.3, -0.25) is 14.4 Å². The number of carbonyl (C=O) groups is 3. The van der Waals surface area contributed by atoms with Crippen molar-refractivity contribution in [3.05, 3.63) is 34.9 Å². The number of amides is 3. The van der Waals surface area contributed by atoms with Crippen LogP contribution in [0.25, 0.3) is 0 Å². The molecule has 0 spiro atoms. The van der Waals surface area contributed by atoms with Crippen LogP contribution in [0.3, 0.4) is 0 Å². The molecular weight excluding hydrogens is 330 g/mol. The Labute approximate surface area is 147 Å². The van der Waals surface area contributed by atoms with Gasteiger partial charge in [0.25, 0.3) is 5.91 Å². The van der Waals surface area contributed by atoms with Crippen molar-refractivity contribution in [2.24, 2.45) is 5.92 Å². The molecule has 0 aliphatic rings. The highest BCUT2D eigenvalue weighted by Crippen LogP contribution is 2.15. The van der Waals surface area contributed by atoms with Crippen LogP contribution in [0.15, 0.2) is 24.3 Å². The smallest absolute Gasteiger partial charge is 0.253 e. The number of hydrogen-bond acceptors (Lipinski definition) is 3. The van der Waals surface area contributed by atoms with E-state index in [2.05, 4.69) is 16.0 Å². The molecule has 0 aliphatic heterocycles. The second-order valence-electron chi connectivity index (χ2n) is 6.12. The van der Waals surface area contributed by atoms with E-state index in [4.69, 9.17) is 11.6 Å². The fourth-order valence-electron chi connectivity index (χ4n) is 2.05. The molecule has 132 valence electrons. The lowest BCUT2D eigenvalue weighted by atomic mass is 10.0. The summed E-state index contributed by atoms with van der Waals surface area (Å²) in [5, 5.41) is 8.21. The van der Waals surface area contributed by atoms with Crippen molar-refractivity contribution in [2.75, 3.05) is 6.54 Å². The van der Waals surface area contributed by atoms with E-state index in [0.717, 1.165) is 0 Å². The van der Waals surface area contributed by atoms with Gasteiger partial charge in [-0.1, -0.05) is 37.6 Å². The summed E-state index contributed by atoms with van der Waals surface area (Å²) in [6.07, 6.45) is 0. The summed E-state index contributed by atoms with van der Waals surface area (Å²) >= 11 is 6.00. The Morgan fingerprint density at radius 2 is 1.67 bits per heavy atom. The summed E-state index contributed by atoms with van der Waals surface area (Å²) in [4.78, 5) is 36.2. The van der Waals surface area contributed by atoms with Crippen LogP contribution in [-0.2, 0) is 9.59 Å². The van der Waals surface area contributed by atoms with Crippen molar-refractivity contribution in [1.29, 1.82) is 0 Å². The fraction of sp³-hybridized carbons (Fsp3) is 0.471. The molecule has 1 unspecified atom stereocenters. The number of halogens is 1. The Morgan fingerprint density at radius 3 is 2.21 bits per heavy atom. The molecule has 0 aliphatic carbocycles. The maximum absolute atomic E-state index is 12.3. The number of hydrogen-bond donors (Lipinski definition) is 3. The Kier molecular flexibility index (Phi) is 7.71. The molecule has 1 aromatic rings. The van der Waals surface area contributed by atoms with Crippen LogP contribution in [0.1, 0.15) is 38.1 Å². The van der Waals surface area contributed by atoms with Crippen LogP contribution in [0.2, 0.25) is 5.02 Å². The molecular formula is C17H24ClN3O3. The van der Waals surface area contributed by atoms with Gasteiger partial charge in [-0.25, -0.2) is 0 Å². The topological polar surface area (TPSA) is 87.3 Å². The van der Waals surface area contributed by atoms with E-state index >= 15 is 0 Å². The lowest BCUT2D eigenvalue weighted by Crippen LogP contribution is -2.51. The van der Waals surface area contributed by atoms with E-state index in [1.54, 1.807) is 24.3 Å². The van der Waals surface area contributed by atoms with Crippen molar-refractivity contribution in [2.45, 2.75) is 39.8 Å². The fourth-order valence-corrected chi connectivity index (χ4v) is 2.27. The summed E-state index contributed by atoms with van der Waals surface area (Å²) in [6.45, 7) is 7.15. The molecule has 0 aromatic heterocycles. The van der Waals surface area contributed by atoms with Crippen LogP contribution in [0.5, 0.6) is 0 Å². The molecule has 6 nitrogen and oxygen atoms in total. The SMILES string of the molecule is CC(C)NC(=O)CNC(=O)C(NC(=O)c1ccccc1Cl)C(C)C. The van der Waals surface area contributed by atoms with Gasteiger partial charge in [0.1, 0.15) is 6.04 Å². The highest BCUT2D eigenvalue weighted by atomic mass is 35.5. The zero-order chi connectivity index (χ0) is 18.3. The second kappa shape index (κ2) is 9.27. The Bertz CT molecular complexity index is 602. The lowest BCUT2D eigenvalue weighted by Gasteiger charge is -2.22. The largest absolute Gasteiger partial charge is 0.352 e. The van der Waals surface area contributed by atoms with Crippen molar-refractivity contribution in [3.8, 4) is 0 Å². The molecule has 3 amide bonds. The number of benzene rings is 1. The minimum absolute atomic E-state index is 0.00442. The van der Waals surface area contributed by atoms with Crippen LogP contribution in [-0.4, -0.2) is 36.3 Å². The molecule has 0 bridgehead atoms. The first kappa shape index (κ1) is 20.0. The van der Waals surface area contributed by atoms with E-state index in [-0.39, 0.29) is 24.4 Å². The third-order valence-electron chi connectivity index (χ3n) is 3.23. The van der Waals surface area contributed by atoms with Gasteiger partial charge in [0.05, 0.1) is 17.1 Å². The predicted molar refractivity (Wildman–Crippen MR) is 93.8 cm³/mol. The molecule has 3 N–H and O–H groups in total. The monoisotopic (exact) mass is 353 g/mol. The van der Waals surface area contributed by atoms with Crippen LogP contribution in [0, 0.1) is 5.92 Å². The number of carbonyl (C=O) groups excluding carboxylic acids is 3. The maximum Gasteiger partial charge on any atom is 0.253 e. The van der Waals surface area contributed by atoms with E-state index in [0.29, 0.717) is 10.6 Å². The Hall–Kier alpha value is -2.08. The minimum Gasteiger partial charge on any atom is -0.352 e. The van der Waals surface area contributed by atoms with Crippen LogP contribution < -0.4 is 16.0 Å². The molecule has 1 rings (SSSR count). The number of rotatable bonds is 7. The molecule has 0 fully saturated rings. The second-order valence-corrected chi connectivity index (χ2v) is 6.52.